The average Bonchev–Trinajstić information content (AvgIpc) is 2.88. The van der Waals surface area contributed by atoms with Crippen molar-refractivity contribution >= 4 is 0 Å². The number of hydrogen-bond donors (Lipinski definition) is 2. The largest absolute Gasteiger partial charge is 0.489 e. The van der Waals surface area contributed by atoms with Gasteiger partial charge in [-0.25, -0.2) is 0 Å². The lowest BCUT2D eigenvalue weighted by Crippen LogP contribution is -2.33. The molecule has 0 radical (unpaired) electrons. The number of nitrogens with zero attached hydrogens (tertiary/aromatic N) is 1. The van der Waals surface area contributed by atoms with E-state index in [1.165, 1.54) is 25.7 Å². The van der Waals surface area contributed by atoms with Gasteiger partial charge in [0.25, 0.3) is 0 Å². The first kappa shape index (κ1) is 15.3. The highest BCUT2D eigenvalue weighted by Crippen LogP contribution is 2.40. The Kier molecular flexibility index (Phi) is 5.38. The van der Waals surface area contributed by atoms with E-state index in [1.54, 1.807) is 6.20 Å². The van der Waals surface area contributed by atoms with Crippen LogP contribution < -0.4 is 16.0 Å². The van der Waals surface area contributed by atoms with Crippen LogP contribution in [0.3, 0.4) is 0 Å². The van der Waals surface area contributed by atoms with Crippen molar-refractivity contribution in [2.45, 2.75) is 58.6 Å². The molecule has 0 spiro atoms. The quantitative estimate of drug-likeness (QED) is 0.619. The van der Waals surface area contributed by atoms with E-state index >= 15 is 0 Å². The molecular weight excluding hydrogens is 250 g/mol. The van der Waals surface area contributed by atoms with Gasteiger partial charge in [0.1, 0.15) is 5.75 Å². The van der Waals surface area contributed by atoms with E-state index in [0.717, 1.165) is 17.2 Å². The molecule has 0 amide bonds. The third-order valence-corrected chi connectivity index (χ3v) is 4.28. The van der Waals surface area contributed by atoms with Gasteiger partial charge in [-0.15, -0.1) is 0 Å². The van der Waals surface area contributed by atoms with E-state index in [1.807, 2.05) is 20.0 Å². The Morgan fingerprint density at radius 2 is 2.20 bits per heavy atom. The second-order valence-electron chi connectivity index (χ2n) is 6.11. The summed E-state index contributed by atoms with van der Waals surface area (Å²) in [5.74, 6) is 8.07. The molecule has 1 aromatic heterocycles. The highest BCUT2D eigenvalue weighted by molar-refractivity contribution is 5.26. The predicted octanol–water partition coefficient (Wildman–Crippen LogP) is 3.20. The zero-order chi connectivity index (χ0) is 14.5. The van der Waals surface area contributed by atoms with Gasteiger partial charge in [0, 0.05) is 6.20 Å². The normalized spacial score (nSPS) is 24.1. The van der Waals surface area contributed by atoms with Crippen molar-refractivity contribution in [2.75, 3.05) is 0 Å². The van der Waals surface area contributed by atoms with Crippen LogP contribution in [0.1, 0.15) is 58.1 Å². The zero-order valence-electron chi connectivity index (χ0n) is 12.8. The maximum Gasteiger partial charge on any atom is 0.138 e. The molecule has 112 valence electrons. The van der Waals surface area contributed by atoms with Crippen molar-refractivity contribution in [3.63, 3.8) is 0 Å². The van der Waals surface area contributed by atoms with Gasteiger partial charge in [0.05, 0.1) is 18.3 Å². The zero-order valence-corrected chi connectivity index (χ0v) is 12.8. The Morgan fingerprint density at radius 3 is 2.80 bits per heavy atom. The molecule has 0 aromatic carbocycles. The topological polar surface area (TPSA) is 60.2 Å². The number of aromatic nitrogens is 1. The minimum Gasteiger partial charge on any atom is -0.489 e. The van der Waals surface area contributed by atoms with Gasteiger partial charge in [-0.1, -0.05) is 19.8 Å². The molecule has 1 aliphatic rings. The lowest BCUT2D eigenvalue weighted by molar-refractivity contribution is 0.240. The van der Waals surface area contributed by atoms with Crippen molar-refractivity contribution < 1.29 is 4.74 Å². The van der Waals surface area contributed by atoms with Crippen LogP contribution in [0.2, 0.25) is 0 Å². The van der Waals surface area contributed by atoms with Crippen LogP contribution >= 0.6 is 0 Å². The minimum absolute atomic E-state index is 0.160. The van der Waals surface area contributed by atoms with Crippen LogP contribution in [0.15, 0.2) is 18.5 Å². The Hall–Kier alpha value is -1.13. The highest BCUT2D eigenvalue weighted by Gasteiger charge is 2.30. The summed E-state index contributed by atoms with van der Waals surface area (Å²) in [6.45, 7) is 6.32. The van der Waals surface area contributed by atoms with Gasteiger partial charge in [-0.05, 0) is 50.2 Å². The van der Waals surface area contributed by atoms with Gasteiger partial charge < -0.3 is 4.74 Å². The molecule has 1 fully saturated rings. The number of rotatable bonds is 6. The van der Waals surface area contributed by atoms with Gasteiger partial charge >= 0.3 is 0 Å². The van der Waals surface area contributed by atoms with Crippen LogP contribution in [0.5, 0.6) is 5.75 Å². The second kappa shape index (κ2) is 7.04. The summed E-state index contributed by atoms with van der Waals surface area (Å²) in [6, 6.07) is 2.24. The maximum atomic E-state index is 5.80. The Bertz CT molecular complexity index is 422. The molecule has 3 N–H and O–H groups in total. The van der Waals surface area contributed by atoms with Crippen LogP contribution in [0.4, 0.5) is 0 Å². The average molecular weight is 277 g/mol. The number of nitrogens with one attached hydrogen (secondary N) is 1. The fourth-order valence-corrected chi connectivity index (χ4v) is 3.23. The number of pyridine rings is 1. The van der Waals surface area contributed by atoms with Gasteiger partial charge in [0.15, 0.2) is 0 Å². The first-order chi connectivity index (χ1) is 9.63. The van der Waals surface area contributed by atoms with Crippen molar-refractivity contribution in [2.24, 2.45) is 17.7 Å². The van der Waals surface area contributed by atoms with Crippen molar-refractivity contribution in [3.05, 3.63) is 24.0 Å². The van der Waals surface area contributed by atoms with Crippen LogP contribution in [-0.2, 0) is 0 Å². The van der Waals surface area contributed by atoms with Crippen molar-refractivity contribution in [1.29, 1.82) is 0 Å². The fraction of sp³-hybridized carbons (Fsp3) is 0.688. The third-order valence-electron chi connectivity index (χ3n) is 4.28. The summed E-state index contributed by atoms with van der Waals surface area (Å²) in [5.41, 5.74) is 4.12. The lowest BCUT2D eigenvalue weighted by Gasteiger charge is -2.23. The maximum absolute atomic E-state index is 5.80. The van der Waals surface area contributed by atoms with Crippen LogP contribution in [0.25, 0.3) is 0 Å². The molecular formula is C16H27N3O. The van der Waals surface area contributed by atoms with Crippen LogP contribution in [0, 0.1) is 11.8 Å². The molecule has 3 atom stereocenters. The van der Waals surface area contributed by atoms with Gasteiger partial charge in [-0.2, -0.15) is 0 Å². The molecule has 1 heterocycles. The minimum atomic E-state index is 0.160. The van der Waals surface area contributed by atoms with E-state index in [4.69, 9.17) is 10.6 Å². The molecule has 20 heavy (non-hydrogen) atoms. The number of ether oxygens (including phenoxy) is 1. The first-order valence-corrected chi connectivity index (χ1v) is 7.71. The number of hydrazine groups is 1. The smallest absolute Gasteiger partial charge is 0.138 e. The number of hydrogen-bond acceptors (Lipinski definition) is 4. The molecule has 1 saturated carbocycles. The highest BCUT2D eigenvalue weighted by atomic mass is 16.5. The first-order valence-electron chi connectivity index (χ1n) is 7.71. The molecule has 0 saturated heterocycles. The monoisotopic (exact) mass is 277 g/mol. The van der Waals surface area contributed by atoms with Gasteiger partial charge in [-0.3, -0.25) is 16.3 Å². The predicted molar refractivity (Wildman–Crippen MR) is 81.2 cm³/mol. The van der Waals surface area contributed by atoms with E-state index in [2.05, 4.69) is 23.4 Å². The molecule has 1 aliphatic carbocycles. The van der Waals surface area contributed by atoms with E-state index in [9.17, 15) is 0 Å². The standard InChI is InChI=1S/C16H27N3O/c1-4-12-5-6-13(7-12)16(19-17)14-8-15(10-18-9-14)20-11(2)3/h8-13,16,19H,4-7,17H2,1-3H3. The van der Waals surface area contributed by atoms with E-state index in [0.29, 0.717) is 5.92 Å². The Balaban J connectivity index is 2.11. The molecule has 4 nitrogen and oxygen atoms in total. The number of nitrogens with two attached hydrogens (primary N) is 1. The fourth-order valence-electron chi connectivity index (χ4n) is 3.23. The van der Waals surface area contributed by atoms with Crippen molar-refractivity contribution in [3.8, 4) is 5.75 Å². The summed E-state index contributed by atoms with van der Waals surface area (Å²) in [6.07, 6.45) is 8.89. The van der Waals surface area contributed by atoms with E-state index in [-0.39, 0.29) is 12.1 Å². The lowest BCUT2D eigenvalue weighted by atomic mass is 9.91. The second-order valence-corrected chi connectivity index (χ2v) is 6.11. The summed E-state index contributed by atoms with van der Waals surface area (Å²) in [4.78, 5) is 4.30. The molecule has 1 aromatic rings. The molecule has 0 bridgehead atoms. The molecule has 0 aliphatic heterocycles. The SMILES string of the molecule is CCC1CCC(C(NN)c2cncc(OC(C)C)c2)C1. The Morgan fingerprint density at radius 1 is 1.40 bits per heavy atom. The van der Waals surface area contributed by atoms with Crippen molar-refractivity contribution in [1.82, 2.24) is 10.4 Å². The van der Waals surface area contributed by atoms with E-state index < -0.39 is 0 Å². The Labute approximate surface area is 122 Å². The summed E-state index contributed by atoms with van der Waals surface area (Å²) in [5, 5.41) is 0. The van der Waals surface area contributed by atoms with Gasteiger partial charge in [0.2, 0.25) is 0 Å². The third kappa shape index (κ3) is 3.70. The molecule has 4 heteroatoms. The molecule has 3 unspecified atom stereocenters. The molecule has 2 rings (SSSR count). The summed E-state index contributed by atoms with van der Waals surface area (Å²) >= 11 is 0. The summed E-state index contributed by atoms with van der Waals surface area (Å²) < 4.78 is 5.72. The van der Waals surface area contributed by atoms with Crippen LogP contribution in [-0.4, -0.2) is 11.1 Å². The summed E-state index contributed by atoms with van der Waals surface area (Å²) in [7, 11) is 0.